The van der Waals surface area contributed by atoms with Crippen LogP contribution in [0.1, 0.15) is 31.7 Å². The number of piperidine rings is 1. The number of rotatable bonds is 2. The Morgan fingerprint density at radius 1 is 1.21 bits per heavy atom. The highest BCUT2D eigenvalue weighted by molar-refractivity contribution is 5.91. The summed E-state index contributed by atoms with van der Waals surface area (Å²) in [5, 5.41) is 0. The highest BCUT2D eigenvalue weighted by Gasteiger charge is 2.37. The fraction of sp³-hybridized carbons (Fsp3) is 0.471. The molecule has 1 aromatic rings. The van der Waals surface area contributed by atoms with Crippen molar-refractivity contribution in [1.29, 1.82) is 0 Å². The summed E-state index contributed by atoms with van der Waals surface area (Å²) in [5.41, 5.74) is 2.99. The molecule has 1 atom stereocenters. The van der Waals surface area contributed by atoms with Crippen molar-refractivity contribution < 1.29 is 4.79 Å². The summed E-state index contributed by atoms with van der Waals surface area (Å²) in [6, 6.07) is 10.7. The topological polar surface area (TPSA) is 20.3 Å². The van der Waals surface area contributed by atoms with Gasteiger partial charge < -0.3 is 0 Å². The molecule has 100 valence electrons. The lowest BCUT2D eigenvalue weighted by Gasteiger charge is -2.44. The molecular weight excluding hydrogens is 234 g/mol. The van der Waals surface area contributed by atoms with E-state index in [2.05, 4.69) is 42.2 Å². The number of carbonyl (C=O) groups excluding carboxylic acids is 1. The van der Waals surface area contributed by atoms with Crippen LogP contribution < -0.4 is 0 Å². The monoisotopic (exact) mass is 255 g/mol. The molecule has 1 aromatic carbocycles. The van der Waals surface area contributed by atoms with E-state index in [1.807, 2.05) is 6.08 Å². The number of nitrogens with zero attached hydrogens (tertiary/aromatic N) is 1. The fourth-order valence-corrected chi connectivity index (χ4v) is 3.38. The number of likely N-dealkylation sites (tertiary alicyclic amines) is 1. The molecule has 0 saturated carbocycles. The van der Waals surface area contributed by atoms with E-state index in [-0.39, 0.29) is 5.41 Å². The molecule has 1 unspecified atom stereocenters. The molecule has 3 rings (SSSR count). The van der Waals surface area contributed by atoms with Gasteiger partial charge in [0.1, 0.15) is 0 Å². The number of benzene rings is 1. The summed E-state index contributed by atoms with van der Waals surface area (Å²) >= 11 is 0. The second-order valence-electron chi connectivity index (χ2n) is 6.14. The van der Waals surface area contributed by atoms with Gasteiger partial charge in [0.25, 0.3) is 0 Å². The van der Waals surface area contributed by atoms with E-state index in [1.165, 1.54) is 11.1 Å². The van der Waals surface area contributed by atoms with Gasteiger partial charge in [-0.2, -0.15) is 0 Å². The minimum absolute atomic E-state index is 0.223. The zero-order valence-corrected chi connectivity index (χ0v) is 11.6. The van der Waals surface area contributed by atoms with Gasteiger partial charge in [-0.3, -0.25) is 9.69 Å². The average molecular weight is 255 g/mol. The van der Waals surface area contributed by atoms with Gasteiger partial charge in [0, 0.05) is 31.5 Å². The lowest BCUT2D eigenvalue weighted by Crippen LogP contribution is -2.44. The molecule has 1 fully saturated rings. The lowest BCUT2D eigenvalue weighted by molar-refractivity contribution is -0.116. The summed E-state index contributed by atoms with van der Waals surface area (Å²) in [7, 11) is 0. The molecule has 2 heteroatoms. The molecule has 19 heavy (non-hydrogen) atoms. The van der Waals surface area contributed by atoms with E-state index in [4.69, 9.17) is 0 Å². The van der Waals surface area contributed by atoms with Crippen molar-refractivity contribution in [2.45, 2.75) is 32.7 Å². The Labute approximate surface area is 115 Å². The van der Waals surface area contributed by atoms with Crippen LogP contribution in [0.15, 0.2) is 42.0 Å². The van der Waals surface area contributed by atoms with Gasteiger partial charge in [-0.05, 0) is 24.5 Å². The van der Waals surface area contributed by atoms with Crippen LogP contribution in [0.3, 0.4) is 0 Å². The third-order valence-electron chi connectivity index (χ3n) is 4.55. The summed E-state index contributed by atoms with van der Waals surface area (Å²) < 4.78 is 0. The Bertz CT molecular complexity index is 505. The zero-order chi connectivity index (χ0) is 13.3. The molecule has 0 spiro atoms. The van der Waals surface area contributed by atoms with Crippen molar-refractivity contribution in [1.82, 2.24) is 4.90 Å². The Kier molecular flexibility index (Phi) is 3.28. The quantitative estimate of drug-likeness (QED) is 0.809. The molecule has 0 bridgehead atoms. The summed E-state index contributed by atoms with van der Waals surface area (Å²) in [4.78, 5) is 14.1. The minimum atomic E-state index is 0.223. The maximum atomic E-state index is 11.5. The van der Waals surface area contributed by atoms with E-state index in [9.17, 15) is 4.79 Å². The van der Waals surface area contributed by atoms with Gasteiger partial charge in [-0.15, -0.1) is 0 Å². The third-order valence-corrected chi connectivity index (χ3v) is 4.55. The van der Waals surface area contributed by atoms with Crippen LogP contribution in [0, 0.1) is 5.41 Å². The predicted molar refractivity (Wildman–Crippen MR) is 76.8 cm³/mol. The Balaban J connectivity index is 1.72. The molecule has 1 aliphatic heterocycles. The summed E-state index contributed by atoms with van der Waals surface area (Å²) in [6.45, 7) is 5.50. The van der Waals surface area contributed by atoms with Crippen LogP contribution in [0.4, 0.5) is 0 Å². The van der Waals surface area contributed by atoms with E-state index >= 15 is 0 Å². The van der Waals surface area contributed by atoms with Crippen LogP contribution in [0.2, 0.25) is 0 Å². The van der Waals surface area contributed by atoms with Gasteiger partial charge in [0.2, 0.25) is 0 Å². The Morgan fingerprint density at radius 3 is 2.79 bits per heavy atom. The lowest BCUT2D eigenvalue weighted by atomic mass is 9.70. The highest BCUT2D eigenvalue weighted by Crippen LogP contribution is 2.41. The van der Waals surface area contributed by atoms with Crippen LogP contribution in [-0.2, 0) is 11.3 Å². The molecular formula is C17H21NO. The van der Waals surface area contributed by atoms with Crippen molar-refractivity contribution in [3.8, 4) is 0 Å². The number of allylic oxidation sites excluding steroid dienone is 1. The zero-order valence-electron chi connectivity index (χ0n) is 11.6. The number of ketones is 1. The van der Waals surface area contributed by atoms with Crippen LogP contribution in [0.25, 0.3) is 0 Å². The molecule has 0 amide bonds. The number of hydrogen-bond acceptors (Lipinski definition) is 2. The van der Waals surface area contributed by atoms with Crippen LogP contribution in [0.5, 0.6) is 0 Å². The summed E-state index contributed by atoms with van der Waals surface area (Å²) in [6.07, 6.45) is 4.71. The SMILES string of the molecule is CC12CCC(=O)C=C1CCN(Cc1ccccc1)C2. The number of carbonyl (C=O) groups is 1. The second-order valence-corrected chi connectivity index (χ2v) is 6.14. The van der Waals surface area contributed by atoms with Gasteiger partial charge in [0.05, 0.1) is 0 Å². The second kappa shape index (κ2) is 4.93. The van der Waals surface area contributed by atoms with Crippen molar-refractivity contribution in [3.63, 3.8) is 0 Å². The van der Waals surface area contributed by atoms with Crippen molar-refractivity contribution in [3.05, 3.63) is 47.5 Å². The third kappa shape index (κ3) is 2.64. The first kappa shape index (κ1) is 12.6. The first-order chi connectivity index (χ1) is 9.16. The first-order valence-electron chi connectivity index (χ1n) is 7.16. The molecule has 1 heterocycles. The number of fused-ring (bicyclic) bond motifs is 1. The normalized spacial score (nSPS) is 27.8. The molecule has 2 aliphatic rings. The number of hydrogen-bond donors (Lipinski definition) is 0. The molecule has 2 nitrogen and oxygen atoms in total. The maximum absolute atomic E-state index is 11.5. The van der Waals surface area contributed by atoms with Crippen LogP contribution >= 0.6 is 0 Å². The fourth-order valence-electron chi connectivity index (χ4n) is 3.38. The largest absolute Gasteiger partial charge is 0.298 e. The first-order valence-corrected chi connectivity index (χ1v) is 7.16. The van der Waals surface area contributed by atoms with E-state index in [0.29, 0.717) is 5.78 Å². The molecule has 0 N–H and O–H groups in total. The molecule has 0 radical (unpaired) electrons. The highest BCUT2D eigenvalue weighted by atomic mass is 16.1. The van der Waals surface area contributed by atoms with E-state index in [0.717, 1.165) is 38.9 Å². The maximum Gasteiger partial charge on any atom is 0.155 e. The smallest absolute Gasteiger partial charge is 0.155 e. The average Bonchev–Trinajstić information content (AvgIpc) is 2.41. The van der Waals surface area contributed by atoms with Crippen molar-refractivity contribution in [2.24, 2.45) is 5.41 Å². The Hall–Kier alpha value is -1.41. The minimum Gasteiger partial charge on any atom is -0.298 e. The van der Waals surface area contributed by atoms with E-state index in [1.54, 1.807) is 0 Å². The molecule has 0 aromatic heterocycles. The van der Waals surface area contributed by atoms with Gasteiger partial charge in [0.15, 0.2) is 5.78 Å². The van der Waals surface area contributed by atoms with Crippen molar-refractivity contribution in [2.75, 3.05) is 13.1 Å². The van der Waals surface area contributed by atoms with Crippen molar-refractivity contribution >= 4 is 5.78 Å². The Morgan fingerprint density at radius 2 is 2.00 bits per heavy atom. The molecule has 1 aliphatic carbocycles. The van der Waals surface area contributed by atoms with Gasteiger partial charge in [-0.1, -0.05) is 42.8 Å². The van der Waals surface area contributed by atoms with Gasteiger partial charge in [-0.25, -0.2) is 0 Å². The van der Waals surface area contributed by atoms with E-state index < -0.39 is 0 Å². The van der Waals surface area contributed by atoms with Crippen LogP contribution in [-0.4, -0.2) is 23.8 Å². The standard InChI is InChI=1S/C17H21NO/c1-17-9-7-16(19)11-15(17)8-10-18(13-17)12-14-5-3-2-4-6-14/h2-6,11H,7-10,12-13H2,1H3. The predicted octanol–water partition coefficient (Wildman–Crippen LogP) is 3.19. The molecule has 1 saturated heterocycles. The summed E-state index contributed by atoms with van der Waals surface area (Å²) in [5.74, 6) is 0.323. The van der Waals surface area contributed by atoms with Gasteiger partial charge >= 0.3 is 0 Å².